The highest BCUT2D eigenvalue weighted by Gasteiger charge is 2.10. The van der Waals surface area contributed by atoms with Crippen LogP contribution in [-0.4, -0.2) is 25.1 Å². The summed E-state index contributed by atoms with van der Waals surface area (Å²) in [6.07, 6.45) is 1.53. The molecule has 0 unspecified atom stereocenters. The van der Waals surface area contributed by atoms with Crippen molar-refractivity contribution in [1.82, 2.24) is 0 Å². The molecule has 0 aliphatic heterocycles. The molecule has 0 atom stereocenters. The topological polar surface area (TPSA) is 76.4 Å². The summed E-state index contributed by atoms with van der Waals surface area (Å²) in [6, 6.07) is 13.5. The van der Waals surface area contributed by atoms with Crippen molar-refractivity contribution in [3.05, 3.63) is 58.1 Å². The van der Waals surface area contributed by atoms with Gasteiger partial charge in [-0.1, -0.05) is 6.07 Å². The van der Waals surface area contributed by atoms with Gasteiger partial charge in [-0.05, 0) is 64.0 Å². The number of hydrogen-bond acceptors (Lipinski definition) is 4. The third-order valence-corrected chi connectivity index (χ3v) is 3.89. The van der Waals surface area contributed by atoms with Crippen molar-refractivity contribution >= 4 is 39.3 Å². The second kappa shape index (κ2) is 7.66. The number of rotatable bonds is 4. The molecular formula is C18H16BrN3O2. The first-order valence-electron chi connectivity index (χ1n) is 7.10. The van der Waals surface area contributed by atoms with Gasteiger partial charge in [0.05, 0.1) is 5.69 Å². The number of phenols is 1. The molecule has 0 bridgehead atoms. The maximum Gasteiger partial charge on any atom is 0.266 e. The molecule has 0 aromatic heterocycles. The fourth-order valence-electron chi connectivity index (χ4n) is 2.03. The fourth-order valence-corrected chi connectivity index (χ4v) is 2.79. The van der Waals surface area contributed by atoms with Gasteiger partial charge in [-0.2, -0.15) is 5.26 Å². The van der Waals surface area contributed by atoms with Crippen LogP contribution < -0.4 is 10.2 Å². The Kier molecular flexibility index (Phi) is 5.61. The average molecular weight is 386 g/mol. The molecule has 2 N–H and O–H groups in total. The quantitative estimate of drug-likeness (QED) is 0.477. The number of benzene rings is 2. The normalized spacial score (nSPS) is 10.8. The molecule has 1 amide bonds. The van der Waals surface area contributed by atoms with Crippen molar-refractivity contribution in [3.63, 3.8) is 0 Å². The molecule has 24 heavy (non-hydrogen) atoms. The Bertz CT molecular complexity index is 821. The van der Waals surface area contributed by atoms with Gasteiger partial charge < -0.3 is 15.3 Å². The number of carbonyl (C=O) groups excluding carboxylic acids is 1. The molecule has 2 aromatic rings. The smallest absolute Gasteiger partial charge is 0.266 e. The van der Waals surface area contributed by atoms with Crippen LogP contribution in [0.25, 0.3) is 6.08 Å². The van der Waals surface area contributed by atoms with Crippen molar-refractivity contribution in [1.29, 1.82) is 5.26 Å². The average Bonchev–Trinajstić information content (AvgIpc) is 2.54. The Morgan fingerprint density at radius 1 is 1.25 bits per heavy atom. The van der Waals surface area contributed by atoms with E-state index in [0.29, 0.717) is 5.69 Å². The third-order valence-electron chi connectivity index (χ3n) is 3.25. The van der Waals surface area contributed by atoms with E-state index in [9.17, 15) is 15.2 Å². The van der Waals surface area contributed by atoms with E-state index < -0.39 is 5.91 Å². The highest BCUT2D eigenvalue weighted by atomic mass is 79.9. The van der Waals surface area contributed by atoms with Crippen molar-refractivity contribution in [2.45, 2.75) is 0 Å². The van der Waals surface area contributed by atoms with Crippen LogP contribution in [0.15, 0.2) is 52.5 Å². The second-order valence-corrected chi connectivity index (χ2v) is 6.13. The lowest BCUT2D eigenvalue weighted by Gasteiger charge is -2.14. The first-order valence-corrected chi connectivity index (χ1v) is 7.89. The van der Waals surface area contributed by atoms with Crippen LogP contribution >= 0.6 is 15.9 Å². The molecule has 0 spiro atoms. The number of aromatic hydroxyl groups is 1. The Hall–Kier alpha value is -2.78. The van der Waals surface area contributed by atoms with Gasteiger partial charge in [-0.15, -0.1) is 0 Å². The van der Waals surface area contributed by atoms with Crippen LogP contribution in [-0.2, 0) is 4.79 Å². The second-order valence-electron chi connectivity index (χ2n) is 5.28. The van der Waals surface area contributed by atoms with Crippen molar-refractivity contribution < 1.29 is 9.90 Å². The highest BCUT2D eigenvalue weighted by Crippen LogP contribution is 2.26. The Labute approximate surface area is 149 Å². The summed E-state index contributed by atoms with van der Waals surface area (Å²) in [5.41, 5.74) is 2.24. The van der Waals surface area contributed by atoms with Gasteiger partial charge in [-0.3, -0.25) is 4.79 Å². The van der Waals surface area contributed by atoms with Crippen molar-refractivity contribution in [2.75, 3.05) is 24.3 Å². The van der Waals surface area contributed by atoms with Gasteiger partial charge >= 0.3 is 0 Å². The number of carbonyl (C=O) groups is 1. The summed E-state index contributed by atoms with van der Waals surface area (Å²) in [5, 5.41) is 21.1. The predicted octanol–water partition coefficient (Wildman–Crippen LogP) is 3.77. The minimum atomic E-state index is -0.504. The molecule has 0 saturated heterocycles. The monoisotopic (exact) mass is 385 g/mol. The lowest BCUT2D eigenvalue weighted by Crippen LogP contribution is -2.13. The molecule has 5 nitrogen and oxygen atoms in total. The molecule has 0 fully saturated rings. The van der Waals surface area contributed by atoms with E-state index in [1.54, 1.807) is 12.1 Å². The third kappa shape index (κ3) is 4.37. The number of anilines is 2. The van der Waals surface area contributed by atoms with Crippen LogP contribution in [0.5, 0.6) is 5.75 Å². The molecule has 6 heteroatoms. The van der Waals surface area contributed by atoms with Crippen molar-refractivity contribution in [3.8, 4) is 11.8 Å². The molecule has 2 rings (SSSR count). The van der Waals surface area contributed by atoms with Crippen LogP contribution in [0.3, 0.4) is 0 Å². The molecule has 0 aliphatic carbocycles. The van der Waals surface area contributed by atoms with E-state index in [-0.39, 0.29) is 11.3 Å². The summed E-state index contributed by atoms with van der Waals surface area (Å²) < 4.78 is 0.873. The molecular weight excluding hydrogens is 370 g/mol. The van der Waals surface area contributed by atoms with Crippen LogP contribution in [0, 0.1) is 11.3 Å². The molecule has 0 aliphatic rings. The molecule has 0 heterocycles. The number of halogens is 1. The summed E-state index contributed by atoms with van der Waals surface area (Å²) in [5.74, 6) is -0.397. The Balaban J connectivity index is 2.22. The number of nitrogens with one attached hydrogen (secondary N) is 1. The zero-order valence-electron chi connectivity index (χ0n) is 13.2. The standard InChI is InChI=1S/C18H16BrN3O2/c1-22(2)17-8-3-12(10-16(17)19)9-13(11-20)18(24)21-14-4-6-15(23)7-5-14/h3-10,23H,1-2H3,(H,21,24)/b13-9-. The van der Waals surface area contributed by atoms with E-state index >= 15 is 0 Å². The molecule has 0 radical (unpaired) electrons. The first kappa shape index (κ1) is 17.6. The zero-order valence-corrected chi connectivity index (χ0v) is 14.8. The summed E-state index contributed by atoms with van der Waals surface area (Å²) >= 11 is 3.48. The number of hydrogen-bond donors (Lipinski definition) is 2. The zero-order chi connectivity index (χ0) is 17.7. The van der Waals surface area contributed by atoms with Gasteiger partial charge in [-0.25, -0.2) is 0 Å². The number of amides is 1. The fraction of sp³-hybridized carbons (Fsp3) is 0.111. The summed E-state index contributed by atoms with van der Waals surface area (Å²) in [6.45, 7) is 0. The Morgan fingerprint density at radius 3 is 2.46 bits per heavy atom. The van der Waals surface area contributed by atoms with Crippen molar-refractivity contribution in [2.24, 2.45) is 0 Å². The van der Waals surface area contributed by atoms with Crippen LogP contribution in [0.4, 0.5) is 11.4 Å². The van der Waals surface area contributed by atoms with Gasteiger partial charge in [0.1, 0.15) is 17.4 Å². The highest BCUT2D eigenvalue weighted by molar-refractivity contribution is 9.10. The summed E-state index contributed by atoms with van der Waals surface area (Å²) in [7, 11) is 3.86. The van der Waals surface area contributed by atoms with E-state index in [1.165, 1.54) is 18.2 Å². The van der Waals surface area contributed by atoms with E-state index in [4.69, 9.17) is 0 Å². The van der Waals surface area contributed by atoms with E-state index in [1.807, 2.05) is 43.3 Å². The first-order chi connectivity index (χ1) is 11.4. The molecule has 122 valence electrons. The molecule has 0 saturated carbocycles. The van der Waals surface area contributed by atoms with E-state index in [0.717, 1.165) is 15.7 Å². The number of phenolic OH excluding ortho intramolecular Hbond substituents is 1. The Morgan fingerprint density at radius 2 is 1.92 bits per heavy atom. The van der Waals surface area contributed by atoms with Gasteiger partial charge in [0.2, 0.25) is 0 Å². The lowest BCUT2D eigenvalue weighted by atomic mass is 10.1. The largest absolute Gasteiger partial charge is 0.508 e. The van der Waals surface area contributed by atoms with Gasteiger partial charge in [0.15, 0.2) is 0 Å². The number of nitrogens with zero attached hydrogens (tertiary/aromatic N) is 2. The molecule has 2 aromatic carbocycles. The van der Waals surface area contributed by atoms with Crippen LogP contribution in [0.2, 0.25) is 0 Å². The van der Waals surface area contributed by atoms with Gasteiger partial charge in [0, 0.05) is 24.3 Å². The summed E-state index contributed by atoms with van der Waals surface area (Å²) in [4.78, 5) is 14.2. The maximum absolute atomic E-state index is 12.2. The minimum absolute atomic E-state index is 0.00687. The number of nitriles is 1. The van der Waals surface area contributed by atoms with E-state index in [2.05, 4.69) is 21.2 Å². The lowest BCUT2D eigenvalue weighted by molar-refractivity contribution is -0.112. The maximum atomic E-state index is 12.2. The minimum Gasteiger partial charge on any atom is -0.508 e. The van der Waals surface area contributed by atoms with Gasteiger partial charge in [0.25, 0.3) is 5.91 Å². The SMILES string of the molecule is CN(C)c1ccc(/C=C(/C#N)C(=O)Nc2ccc(O)cc2)cc1Br. The van der Waals surface area contributed by atoms with Crippen LogP contribution in [0.1, 0.15) is 5.56 Å². The predicted molar refractivity (Wildman–Crippen MR) is 98.8 cm³/mol.